The summed E-state index contributed by atoms with van der Waals surface area (Å²) in [6.45, 7) is 3.06. The van der Waals surface area contributed by atoms with E-state index in [1.54, 1.807) is 19.8 Å². The van der Waals surface area contributed by atoms with E-state index in [0.29, 0.717) is 18.4 Å². The Morgan fingerprint density at radius 3 is 2.89 bits per heavy atom. The number of aliphatic imine (C=N–C) groups is 1. The number of nitrogens with zero attached hydrogens (tertiary/aromatic N) is 1. The zero-order chi connectivity index (χ0) is 18.6. The van der Waals surface area contributed by atoms with Crippen LogP contribution < -0.4 is 4.74 Å². The Labute approximate surface area is 161 Å². The largest absolute Gasteiger partial charge is 0.497 e. The van der Waals surface area contributed by atoms with Crippen molar-refractivity contribution in [1.82, 2.24) is 0 Å². The summed E-state index contributed by atoms with van der Waals surface area (Å²) in [6.07, 6.45) is 8.16. The van der Waals surface area contributed by atoms with Crippen LogP contribution in [0.5, 0.6) is 5.75 Å². The van der Waals surface area contributed by atoms with Crippen LogP contribution >= 0.6 is 0 Å². The van der Waals surface area contributed by atoms with Crippen LogP contribution in [0.1, 0.15) is 49.7 Å². The highest BCUT2D eigenvalue weighted by molar-refractivity contribution is 6.03. The smallest absolute Gasteiger partial charge is 0.258 e. The molecule has 4 heteroatoms. The molecule has 0 spiro atoms. The molecule has 0 aromatic heterocycles. The van der Waals surface area contributed by atoms with Crippen molar-refractivity contribution < 1.29 is 14.2 Å². The van der Waals surface area contributed by atoms with E-state index in [2.05, 4.69) is 36.2 Å². The Kier molecular flexibility index (Phi) is 4.17. The van der Waals surface area contributed by atoms with E-state index < -0.39 is 6.41 Å². The zero-order valence-corrected chi connectivity index (χ0v) is 16.5. The monoisotopic (exact) mass is 367 g/mol. The van der Waals surface area contributed by atoms with E-state index >= 15 is 0 Å². The first-order valence-corrected chi connectivity index (χ1v) is 10.2. The van der Waals surface area contributed by atoms with Gasteiger partial charge in [0.15, 0.2) is 0 Å². The lowest BCUT2D eigenvalue weighted by Gasteiger charge is -2.50. The fourth-order valence-corrected chi connectivity index (χ4v) is 6.32. The van der Waals surface area contributed by atoms with Crippen molar-refractivity contribution in [1.29, 1.82) is 0 Å². The lowest BCUT2D eigenvalue weighted by Crippen LogP contribution is -2.42. The van der Waals surface area contributed by atoms with Crippen LogP contribution in [0.3, 0.4) is 0 Å². The van der Waals surface area contributed by atoms with E-state index in [0.717, 1.165) is 17.4 Å². The van der Waals surface area contributed by atoms with Crippen molar-refractivity contribution in [2.45, 2.75) is 51.4 Å². The molecule has 144 valence electrons. The molecule has 1 fully saturated rings. The third-order valence-electron chi connectivity index (χ3n) is 7.65. The van der Waals surface area contributed by atoms with Crippen molar-refractivity contribution in [2.24, 2.45) is 22.2 Å². The molecule has 0 bridgehead atoms. The number of aryl methyl sites for hydroxylation is 1. The Morgan fingerprint density at radius 2 is 2.11 bits per heavy atom. The number of methoxy groups -OCH3 is 2. The second-order valence-corrected chi connectivity index (χ2v) is 8.72. The van der Waals surface area contributed by atoms with Gasteiger partial charge in [-0.3, -0.25) is 0 Å². The van der Waals surface area contributed by atoms with E-state index in [1.807, 2.05) is 0 Å². The number of hydrogen-bond acceptors (Lipinski definition) is 4. The number of hydrogen-bond donors (Lipinski definition) is 0. The maximum Gasteiger partial charge on any atom is 0.258 e. The van der Waals surface area contributed by atoms with Gasteiger partial charge in [0.25, 0.3) is 6.41 Å². The van der Waals surface area contributed by atoms with Crippen molar-refractivity contribution in [3.8, 4) is 5.75 Å². The topological polar surface area (TPSA) is 40.0 Å². The number of allylic oxidation sites excluding steroid dienone is 1. The van der Waals surface area contributed by atoms with Gasteiger partial charge in [0.2, 0.25) is 0 Å². The third-order valence-corrected chi connectivity index (χ3v) is 7.65. The lowest BCUT2D eigenvalue weighted by molar-refractivity contribution is -0.0915. The summed E-state index contributed by atoms with van der Waals surface area (Å²) < 4.78 is 16.4. The Bertz CT molecular complexity index is 814. The minimum Gasteiger partial charge on any atom is -0.497 e. The van der Waals surface area contributed by atoms with Crippen molar-refractivity contribution >= 4 is 5.71 Å². The minimum atomic E-state index is -0.420. The lowest BCUT2D eigenvalue weighted by atomic mass is 9.54. The summed E-state index contributed by atoms with van der Waals surface area (Å²) in [5, 5.41) is 0. The first-order valence-electron chi connectivity index (χ1n) is 10.2. The van der Waals surface area contributed by atoms with E-state index in [-0.39, 0.29) is 5.41 Å². The summed E-state index contributed by atoms with van der Waals surface area (Å²) in [5.74, 6) is 3.16. The number of rotatable bonds is 3. The SMILES string of the molecule is COc1ccc2c(c1)CC[C@@H]1[C@@H]2CC[C@]2(C)C(C3=NC(OC)OC3)=CC[C@@H]12. The van der Waals surface area contributed by atoms with Crippen molar-refractivity contribution in [3.05, 3.63) is 41.0 Å². The molecule has 0 N–H and O–H groups in total. The molecule has 1 aromatic carbocycles. The molecule has 0 radical (unpaired) electrons. The fraction of sp³-hybridized carbons (Fsp3) is 0.609. The van der Waals surface area contributed by atoms with E-state index in [1.165, 1.54) is 43.2 Å². The molecule has 1 saturated carbocycles. The molecule has 1 unspecified atom stereocenters. The van der Waals surface area contributed by atoms with Gasteiger partial charge in [-0.2, -0.15) is 0 Å². The van der Waals surface area contributed by atoms with Gasteiger partial charge in [0.1, 0.15) is 5.75 Å². The van der Waals surface area contributed by atoms with Gasteiger partial charge < -0.3 is 14.2 Å². The summed E-state index contributed by atoms with van der Waals surface area (Å²) in [7, 11) is 3.42. The summed E-state index contributed by atoms with van der Waals surface area (Å²) in [5.41, 5.74) is 5.86. The molecule has 4 aliphatic rings. The van der Waals surface area contributed by atoms with Crippen LogP contribution in [0, 0.1) is 17.3 Å². The van der Waals surface area contributed by atoms with Gasteiger partial charge in [-0.15, -0.1) is 0 Å². The third kappa shape index (κ3) is 2.60. The van der Waals surface area contributed by atoms with E-state index in [4.69, 9.17) is 14.2 Å². The quantitative estimate of drug-likeness (QED) is 0.790. The van der Waals surface area contributed by atoms with Crippen LogP contribution in [0.15, 0.2) is 34.8 Å². The molecule has 0 saturated heterocycles. The Hall–Kier alpha value is -1.65. The predicted molar refractivity (Wildman–Crippen MR) is 105 cm³/mol. The van der Waals surface area contributed by atoms with Gasteiger partial charge >= 0.3 is 0 Å². The Balaban J connectivity index is 1.43. The summed E-state index contributed by atoms with van der Waals surface area (Å²) in [6, 6.07) is 6.73. The molecular weight excluding hydrogens is 338 g/mol. The van der Waals surface area contributed by atoms with Gasteiger partial charge in [0, 0.05) is 7.11 Å². The Morgan fingerprint density at radius 1 is 1.22 bits per heavy atom. The van der Waals surface area contributed by atoms with Gasteiger partial charge in [0.05, 0.1) is 19.4 Å². The van der Waals surface area contributed by atoms with Crippen molar-refractivity contribution in [2.75, 3.05) is 20.8 Å². The molecule has 27 heavy (non-hydrogen) atoms. The maximum atomic E-state index is 5.65. The molecule has 1 aromatic rings. The molecule has 1 heterocycles. The predicted octanol–water partition coefficient (Wildman–Crippen LogP) is 4.49. The fourth-order valence-electron chi connectivity index (χ4n) is 6.32. The zero-order valence-electron chi connectivity index (χ0n) is 16.5. The van der Waals surface area contributed by atoms with Crippen LogP contribution in [0.4, 0.5) is 0 Å². The number of ether oxygens (including phenoxy) is 3. The molecular formula is C23H29NO3. The van der Waals surface area contributed by atoms with Gasteiger partial charge in [-0.05, 0) is 84.1 Å². The molecule has 5 rings (SSSR count). The number of fused-ring (bicyclic) bond motifs is 5. The van der Waals surface area contributed by atoms with Crippen LogP contribution in [0.2, 0.25) is 0 Å². The highest BCUT2D eigenvalue weighted by Crippen LogP contribution is 2.61. The van der Waals surface area contributed by atoms with E-state index in [9.17, 15) is 0 Å². The average Bonchev–Trinajstić information content (AvgIpc) is 3.30. The second kappa shape index (κ2) is 6.46. The first-order chi connectivity index (χ1) is 13.1. The normalized spacial score (nSPS) is 37.1. The van der Waals surface area contributed by atoms with Crippen LogP contribution in [-0.2, 0) is 15.9 Å². The summed E-state index contributed by atoms with van der Waals surface area (Å²) in [4.78, 5) is 4.67. The minimum absolute atomic E-state index is 0.232. The molecule has 5 atom stereocenters. The van der Waals surface area contributed by atoms with Crippen LogP contribution in [0.25, 0.3) is 0 Å². The number of benzene rings is 1. The standard InChI is InChI=1S/C23H29NO3/c1-23-11-10-17-16-7-5-15(25-2)12-14(16)4-6-18(17)19(23)8-9-20(23)21-13-27-22(24-21)26-3/h5,7,9,12,17-19,22H,4,6,8,10-11,13H2,1-3H3/t17-,18-,19+,22?,23+/m1/s1. The highest BCUT2D eigenvalue weighted by atomic mass is 16.7. The molecule has 3 aliphatic carbocycles. The summed E-state index contributed by atoms with van der Waals surface area (Å²) >= 11 is 0. The second-order valence-electron chi connectivity index (χ2n) is 8.72. The first kappa shape index (κ1) is 17.4. The maximum absolute atomic E-state index is 5.65. The molecule has 0 amide bonds. The van der Waals surface area contributed by atoms with Crippen molar-refractivity contribution in [3.63, 3.8) is 0 Å². The van der Waals surface area contributed by atoms with Gasteiger partial charge in [-0.25, -0.2) is 4.99 Å². The van der Waals surface area contributed by atoms with Gasteiger partial charge in [-0.1, -0.05) is 19.1 Å². The molecule has 1 aliphatic heterocycles. The van der Waals surface area contributed by atoms with Crippen LogP contribution in [-0.4, -0.2) is 33.0 Å². The highest BCUT2D eigenvalue weighted by Gasteiger charge is 2.52. The average molecular weight is 367 g/mol. The molecule has 4 nitrogen and oxygen atoms in total.